The molecule has 1 aliphatic heterocycles. The van der Waals surface area contributed by atoms with Crippen LogP contribution in [0.5, 0.6) is 0 Å². The van der Waals surface area contributed by atoms with Crippen LogP contribution in [0.3, 0.4) is 0 Å². The predicted molar refractivity (Wildman–Crippen MR) is 73.1 cm³/mol. The third-order valence-electron chi connectivity index (χ3n) is 3.75. The Hall–Kier alpha value is -1.30. The average molecular weight is 271 g/mol. The number of aliphatic carboxylic acids is 1. The smallest absolute Gasteiger partial charge is 0.317 e. The van der Waals surface area contributed by atoms with Crippen molar-refractivity contribution < 1.29 is 14.7 Å². The number of amides is 2. The van der Waals surface area contributed by atoms with Crippen molar-refractivity contribution in [3.05, 3.63) is 0 Å². The van der Waals surface area contributed by atoms with E-state index in [0.29, 0.717) is 19.1 Å². The highest BCUT2D eigenvalue weighted by Gasteiger charge is 2.23. The zero-order valence-electron chi connectivity index (χ0n) is 12.1. The number of nitrogens with zero attached hydrogens (tertiary/aromatic N) is 2. The molecule has 0 spiro atoms. The summed E-state index contributed by atoms with van der Waals surface area (Å²) in [7, 11) is 2.06. The number of likely N-dealkylation sites (N-methyl/N-ethyl adjacent to an activating group) is 1. The highest BCUT2D eigenvalue weighted by molar-refractivity contribution is 5.76. The summed E-state index contributed by atoms with van der Waals surface area (Å²) in [5.41, 5.74) is 0. The Kier molecular flexibility index (Phi) is 6.08. The summed E-state index contributed by atoms with van der Waals surface area (Å²) in [4.78, 5) is 26.6. The molecule has 0 saturated carbocycles. The first-order valence-corrected chi connectivity index (χ1v) is 6.91. The molecule has 0 aromatic rings. The van der Waals surface area contributed by atoms with E-state index in [0.717, 1.165) is 13.0 Å². The van der Waals surface area contributed by atoms with Crippen LogP contribution in [0.4, 0.5) is 4.79 Å². The van der Waals surface area contributed by atoms with E-state index in [9.17, 15) is 9.59 Å². The van der Waals surface area contributed by atoms with Crippen LogP contribution in [0.25, 0.3) is 0 Å². The second kappa shape index (κ2) is 7.33. The molecular formula is C13H25N3O3. The first-order valence-electron chi connectivity index (χ1n) is 6.91. The van der Waals surface area contributed by atoms with Crippen LogP contribution in [0.1, 0.15) is 26.7 Å². The number of rotatable bonds is 6. The molecule has 0 aromatic heterocycles. The molecule has 2 N–H and O–H groups in total. The zero-order chi connectivity index (χ0) is 14.4. The Morgan fingerprint density at radius 1 is 1.53 bits per heavy atom. The van der Waals surface area contributed by atoms with Crippen LogP contribution < -0.4 is 5.32 Å². The fourth-order valence-corrected chi connectivity index (χ4v) is 2.32. The summed E-state index contributed by atoms with van der Waals surface area (Å²) >= 11 is 0. The van der Waals surface area contributed by atoms with E-state index in [-0.39, 0.29) is 12.6 Å². The Labute approximate surface area is 114 Å². The van der Waals surface area contributed by atoms with E-state index in [1.807, 2.05) is 6.92 Å². The van der Waals surface area contributed by atoms with Gasteiger partial charge >= 0.3 is 12.0 Å². The Morgan fingerprint density at radius 2 is 2.21 bits per heavy atom. The van der Waals surface area contributed by atoms with Crippen LogP contribution in [-0.2, 0) is 4.79 Å². The molecule has 6 nitrogen and oxygen atoms in total. The van der Waals surface area contributed by atoms with Gasteiger partial charge in [-0.15, -0.1) is 0 Å². The molecule has 0 aromatic carbocycles. The molecular weight excluding hydrogens is 246 g/mol. The maximum atomic E-state index is 12.0. The minimum Gasteiger partial charge on any atom is -0.481 e. The van der Waals surface area contributed by atoms with Crippen LogP contribution in [0.2, 0.25) is 0 Å². The Bertz CT molecular complexity index is 322. The molecule has 1 fully saturated rings. The van der Waals surface area contributed by atoms with E-state index in [4.69, 9.17) is 5.11 Å². The summed E-state index contributed by atoms with van der Waals surface area (Å²) < 4.78 is 0. The van der Waals surface area contributed by atoms with Gasteiger partial charge in [0.15, 0.2) is 0 Å². The molecule has 0 radical (unpaired) electrons. The quantitative estimate of drug-likeness (QED) is 0.750. The normalized spacial score (nSPS) is 21.1. The monoisotopic (exact) mass is 271 g/mol. The van der Waals surface area contributed by atoms with Crippen molar-refractivity contribution in [1.29, 1.82) is 0 Å². The lowest BCUT2D eigenvalue weighted by Gasteiger charge is -2.25. The molecule has 110 valence electrons. The van der Waals surface area contributed by atoms with Gasteiger partial charge in [0.05, 0.1) is 5.92 Å². The van der Waals surface area contributed by atoms with Crippen LogP contribution in [-0.4, -0.2) is 66.2 Å². The number of hydrogen-bond donors (Lipinski definition) is 2. The molecule has 1 heterocycles. The highest BCUT2D eigenvalue weighted by atomic mass is 16.4. The second-order valence-electron chi connectivity index (χ2n) is 5.24. The third-order valence-corrected chi connectivity index (χ3v) is 3.75. The van der Waals surface area contributed by atoms with Gasteiger partial charge < -0.3 is 20.2 Å². The van der Waals surface area contributed by atoms with E-state index < -0.39 is 11.9 Å². The number of carboxylic acids is 1. The molecule has 19 heavy (non-hydrogen) atoms. The number of urea groups is 1. The summed E-state index contributed by atoms with van der Waals surface area (Å²) in [5, 5.41) is 11.8. The van der Waals surface area contributed by atoms with E-state index >= 15 is 0 Å². The topological polar surface area (TPSA) is 72.9 Å². The fourth-order valence-electron chi connectivity index (χ4n) is 2.32. The Morgan fingerprint density at radius 3 is 2.68 bits per heavy atom. The lowest BCUT2D eigenvalue weighted by molar-refractivity contribution is -0.141. The largest absolute Gasteiger partial charge is 0.481 e. The van der Waals surface area contributed by atoms with Crippen molar-refractivity contribution in [1.82, 2.24) is 15.1 Å². The van der Waals surface area contributed by atoms with E-state index in [1.54, 1.807) is 11.8 Å². The van der Waals surface area contributed by atoms with Gasteiger partial charge in [0.25, 0.3) is 0 Å². The minimum absolute atomic E-state index is 0.170. The van der Waals surface area contributed by atoms with Crippen molar-refractivity contribution in [3.8, 4) is 0 Å². The van der Waals surface area contributed by atoms with E-state index in [1.165, 1.54) is 6.42 Å². The van der Waals surface area contributed by atoms with Crippen LogP contribution in [0, 0.1) is 5.92 Å². The predicted octanol–water partition coefficient (Wildman–Crippen LogP) is 0.833. The zero-order valence-corrected chi connectivity index (χ0v) is 12.1. The third kappa shape index (κ3) is 4.70. The lowest BCUT2D eigenvalue weighted by Crippen LogP contribution is -2.46. The van der Waals surface area contributed by atoms with Gasteiger partial charge in [0.1, 0.15) is 0 Å². The molecule has 6 heteroatoms. The first kappa shape index (κ1) is 15.8. The van der Waals surface area contributed by atoms with Gasteiger partial charge in [-0.05, 0) is 33.4 Å². The van der Waals surface area contributed by atoms with Crippen LogP contribution in [0.15, 0.2) is 0 Å². The van der Waals surface area contributed by atoms with Crippen molar-refractivity contribution in [2.24, 2.45) is 5.92 Å². The van der Waals surface area contributed by atoms with Crippen molar-refractivity contribution in [2.45, 2.75) is 32.7 Å². The number of carbonyl (C=O) groups excluding carboxylic acids is 1. The van der Waals surface area contributed by atoms with Gasteiger partial charge in [-0.1, -0.05) is 6.92 Å². The first-order chi connectivity index (χ1) is 8.95. The number of likely N-dealkylation sites (tertiary alicyclic amines) is 1. The summed E-state index contributed by atoms with van der Waals surface area (Å²) in [6.45, 7) is 5.95. The summed E-state index contributed by atoms with van der Waals surface area (Å²) in [6, 6.07) is 0.232. The molecule has 1 aliphatic rings. The number of carbonyl (C=O) groups is 2. The van der Waals surface area contributed by atoms with Gasteiger partial charge in [-0.3, -0.25) is 4.79 Å². The van der Waals surface area contributed by atoms with Gasteiger partial charge in [-0.25, -0.2) is 4.79 Å². The summed E-state index contributed by atoms with van der Waals surface area (Å²) in [5.74, 6) is -1.42. The van der Waals surface area contributed by atoms with Crippen LogP contribution >= 0.6 is 0 Å². The molecule has 2 amide bonds. The Balaban J connectivity index is 2.38. The molecule has 2 atom stereocenters. The maximum absolute atomic E-state index is 12.0. The number of nitrogens with one attached hydrogen (secondary N) is 1. The molecule has 2 unspecified atom stereocenters. The SMILES string of the molecule is CCN(CC(C)C(=O)O)C(=O)NCC1CCCN1C. The van der Waals surface area contributed by atoms with Crippen molar-refractivity contribution >= 4 is 12.0 Å². The molecule has 1 rings (SSSR count). The molecule has 1 saturated heterocycles. The fraction of sp³-hybridized carbons (Fsp3) is 0.846. The molecule has 0 bridgehead atoms. The summed E-state index contributed by atoms with van der Waals surface area (Å²) in [6.07, 6.45) is 2.28. The second-order valence-corrected chi connectivity index (χ2v) is 5.24. The van der Waals surface area contributed by atoms with E-state index in [2.05, 4.69) is 17.3 Å². The minimum atomic E-state index is -0.873. The maximum Gasteiger partial charge on any atom is 0.317 e. The lowest BCUT2D eigenvalue weighted by atomic mass is 10.2. The standard InChI is InChI=1S/C13H25N3O3/c1-4-16(9-10(2)12(17)18)13(19)14-8-11-6-5-7-15(11)3/h10-11H,4-9H2,1-3H3,(H,14,19)(H,17,18). The number of hydrogen-bond acceptors (Lipinski definition) is 3. The van der Waals surface area contributed by atoms with Crippen molar-refractivity contribution in [3.63, 3.8) is 0 Å². The van der Waals surface area contributed by atoms with Crippen molar-refractivity contribution in [2.75, 3.05) is 33.2 Å². The highest BCUT2D eigenvalue weighted by Crippen LogP contribution is 2.13. The number of carboxylic acid groups (broad SMARTS) is 1. The van der Waals surface area contributed by atoms with Gasteiger partial charge in [0, 0.05) is 25.7 Å². The van der Waals surface area contributed by atoms with Gasteiger partial charge in [0.2, 0.25) is 0 Å². The molecule has 0 aliphatic carbocycles. The van der Waals surface area contributed by atoms with Gasteiger partial charge in [-0.2, -0.15) is 0 Å². The average Bonchev–Trinajstić information content (AvgIpc) is 2.78.